The number of nitrogens with one attached hydrogen (secondary N) is 1. The van der Waals surface area contributed by atoms with E-state index in [1.165, 1.54) is 0 Å². The number of nitrogens with zero attached hydrogens (tertiary/aromatic N) is 2. The topological polar surface area (TPSA) is 84.2 Å². The lowest BCUT2D eigenvalue weighted by atomic mass is 9.98. The first-order chi connectivity index (χ1) is 14.8. The smallest absolute Gasteiger partial charge is 0.335 e. The number of hydrogen-bond acceptors (Lipinski definition) is 4. The quantitative estimate of drug-likeness (QED) is 0.392. The van der Waals surface area contributed by atoms with Crippen molar-refractivity contribution in [2.24, 2.45) is 11.8 Å². The number of carbonyl (C=O) groups is 2. The van der Waals surface area contributed by atoms with Gasteiger partial charge in [0.2, 0.25) is 5.91 Å². The number of carbonyl (C=O) groups excluding carboxylic acids is 1. The van der Waals surface area contributed by atoms with E-state index in [4.69, 9.17) is 16.7 Å². The summed E-state index contributed by atoms with van der Waals surface area (Å²) < 4.78 is 2.03. The maximum absolute atomic E-state index is 12.7. The largest absolute Gasteiger partial charge is 0.478 e. The van der Waals surface area contributed by atoms with Crippen molar-refractivity contribution in [1.29, 1.82) is 0 Å². The summed E-state index contributed by atoms with van der Waals surface area (Å²) >= 11 is 10.8. The van der Waals surface area contributed by atoms with Crippen LogP contribution >= 0.6 is 24.2 Å². The van der Waals surface area contributed by atoms with Gasteiger partial charge in [-0.3, -0.25) is 4.79 Å². The molecule has 0 saturated heterocycles. The van der Waals surface area contributed by atoms with E-state index >= 15 is 0 Å². The molecule has 0 fully saturated rings. The first-order valence-electron chi connectivity index (χ1n) is 10.7. The van der Waals surface area contributed by atoms with Gasteiger partial charge in [0.15, 0.2) is 5.15 Å². The number of carboxylic acid groups (broad SMARTS) is 1. The van der Waals surface area contributed by atoms with Crippen molar-refractivity contribution in [3.63, 3.8) is 0 Å². The molecule has 0 spiro atoms. The van der Waals surface area contributed by atoms with E-state index in [0.717, 1.165) is 42.8 Å². The fourth-order valence-corrected chi connectivity index (χ4v) is 4.05. The minimum atomic E-state index is -0.954. The van der Waals surface area contributed by atoms with Crippen LogP contribution in [0.5, 0.6) is 0 Å². The number of hydrogen-bond donors (Lipinski definition) is 3. The first-order valence-corrected chi connectivity index (χ1v) is 11.7. The lowest BCUT2D eigenvalue weighted by molar-refractivity contribution is -0.124. The highest BCUT2D eigenvalue weighted by atomic mass is 35.5. The van der Waals surface area contributed by atoms with Gasteiger partial charge in [0.05, 0.1) is 17.8 Å². The molecule has 0 aliphatic carbocycles. The van der Waals surface area contributed by atoms with Gasteiger partial charge in [-0.05, 0) is 36.5 Å². The Morgan fingerprint density at radius 3 is 2.48 bits per heavy atom. The van der Waals surface area contributed by atoms with Crippen molar-refractivity contribution in [2.45, 2.75) is 59.5 Å². The van der Waals surface area contributed by atoms with E-state index in [1.807, 2.05) is 4.57 Å². The highest BCUT2D eigenvalue weighted by molar-refractivity contribution is 7.80. The second kappa shape index (κ2) is 12.2. The summed E-state index contributed by atoms with van der Waals surface area (Å²) in [7, 11) is 0. The third-order valence-electron chi connectivity index (χ3n) is 5.18. The summed E-state index contributed by atoms with van der Waals surface area (Å²) in [6.07, 6.45) is 3.57. The summed E-state index contributed by atoms with van der Waals surface area (Å²) in [6, 6.07) is 6.77. The molecule has 1 aromatic heterocycles. The molecule has 2 aromatic rings. The normalized spacial score (nSPS) is 12.2. The summed E-state index contributed by atoms with van der Waals surface area (Å²) in [5.41, 5.74) is 1.94. The number of aromatic carboxylic acids is 1. The molecule has 1 amide bonds. The monoisotopic (exact) mass is 465 g/mol. The van der Waals surface area contributed by atoms with Crippen LogP contribution in [0.2, 0.25) is 5.15 Å². The van der Waals surface area contributed by atoms with Gasteiger partial charge in [0.1, 0.15) is 5.82 Å². The number of halogens is 1. The van der Waals surface area contributed by atoms with Crippen molar-refractivity contribution in [2.75, 3.05) is 5.75 Å². The van der Waals surface area contributed by atoms with Crippen LogP contribution < -0.4 is 5.32 Å². The zero-order chi connectivity index (χ0) is 23.0. The first kappa shape index (κ1) is 25.3. The molecule has 2 rings (SSSR count). The summed E-state index contributed by atoms with van der Waals surface area (Å²) in [6.45, 7) is 7.09. The van der Waals surface area contributed by atoms with E-state index in [1.54, 1.807) is 24.3 Å². The highest BCUT2D eigenvalue weighted by Gasteiger charge is 2.21. The van der Waals surface area contributed by atoms with Gasteiger partial charge >= 0.3 is 5.97 Å². The molecule has 0 unspecified atom stereocenters. The Hall–Kier alpha value is -1.99. The van der Waals surface area contributed by atoms with E-state index in [-0.39, 0.29) is 23.9 Å². The number of unbranched alkanes of at least 4 members (excludes halogenated alkanes) is 1. The number of rotatable bonds is 12. The lowest BCUT2D eigenvalue weighted by Gasteiger charge is -2.18. The van der Waals surface area contributed by atoms with Crippen molar-refractivity contribution in [1.82, 2.24) is 14.9 Å². The average molecular weight is 466 g/mol. The van der Waals surface area contributed by atoms with Gasteiger partial charge < -0.3 is 15.0 Å². The molecule has 6 nitrogen and oxygen atoms in total. The fourth-order valence-electron chi connectivity index (χ4n) is 3.47. The van der Waals surface area contributed by atoms with Gasteiger partial charge in [-0.25, -0.2) is 9.78 Å². The standard InChI is InChI=1S/C23H32ClN3O3S/c1-4-5-6-20-26-21(24)19(12-25-22(28)18(14-31)11-15(2)3)27(20)13-16-7-9-17(10-8-16)23(29)30/h7-10,15,18,31H,4-6,11-14H2,1-3H3,(H,25,28)(H,29,30)/t18-/m1/s1. The number of amides is 1. The van der Waals surface area contributed by atoms with Crippen molar-refractivity contribution in [3.8, 4) is 0 Å². The van der Waals surface area contributed by atoms with Crippen LogP contribution in [-0.2, 0) is 24.3 Å². The summed E-state index contributed by atoms with van der Waals surface area (Å²) in [5.74, 6) is 0.631. The van der Waals surface area contributed by atoms with Crippen LogP contribution in [0, 0.1) is 11.8 Å². The van der Waals surface area contributed by atoms with Crippen molar-refractivity contribution < 1.29 is 14.7 Å². The number of aryl methyl sites for hydroxylation is 1. The van der Waals surface area contributed by atoms with Gasteiger partial charge in [0, 0.05) is 24.6 Å². The minimum Gasteiger partial charge on any atom is -0.478 e. The van der Waals surface area contributed by atoms with Gasteiger partial charge in [-0.2, -0.15) is 12.6 Å². The second-order valence-electron chi connectivity index (χ2n) is 8.18. The average Bonchev–Trinajstić information content (AvgIpc) is 3.03. The van der Waals surface area contributed by atoms with E-state index in [2.05, 4.69) is 43.7 Å². The minimum absolute atomic E-state index is 0.0339. The zero-order valence-electron chi connectivity index (χ0n) is 18.4. The molecule has 1 atom stereocenters. The highest BCUT2D eigenvalue weighted by Crippen LogP contribution is 2.22. The molecule has 0 radical (unpaired) electrons. The molecule has 0 aliphatic rings. The Balaban J connectivity index is 2.24. The molecular formula is C23H32ClN3O3S. The van der Waals surface area contributed by atoms with Gasteiger partial charge in [-0.15, -0.1) is 0 Å². The van der Waals surface area contributed by atoms with E-state index in [0.29, 0.717) is 23.4 Å². The van der Waals surface area contributed by atoms with E-state index < -0.39 is 5.97 Å². The van der Waals surface area contributed by atoms with Crippen molar-refractivity contribution >= 4 is 36.1 Å². The SMILES string of the molecule is CCCCc1nc(Cl)c(CNC(=O)[C@@H](CS)CC(C)C)n1Cc1ccc(C(=O)O)cc1. The van der Waals surface area contributed by atoms with Crippen LogP contribution in [0.4, 0.5) is 0 Å². The zero-order valence-corrected chi connectivity index (χ0v) is 20.0. The third kappa shape index (κ3) is 7.28. The molecule has 0 saturated carbocycles. The van der Waals surface area contributed by atoms with Crippen LogP contribution in [0.15, 0.2) is 24.3 Å². The molecule has 1 heterocycles. The molecule has 0 bridgehead atoms. The van der Waals surface area contributed by atoms with E-state index in [9.17, 15) is 9.59 Å². The van der Waals surface area contributed by atoms with Crippen LogP contribution in [-0.4, -0.2) is 32.3 Å². The van der Waals surface area contributed by atoms with Crippen LogP contribution in [0.25, 0.3) is 0 Å². The molecule has 170 valence electrons. The van der Waals surface area contributed by atoms with Gasteiger partial charge in [-0.1, -0.05) is 50.9 Å². The predicted molar refractivity (Wildman–Crippen MR) is 127 cm³/mol. The number of carboxylic acids is 1. The number of benzene rings is 1. The summed E-state index contributed by atoms with van der Waals surface area (Å²) in [5, 5.41) is 12.5. The lowest BCUT2D eigenvalue weighted by Crippen LogP contribution is -2.33. The number of imidazole rings is 1. The fraction of sp³-hybridized carbons (Fsp3) is 0.522. The Kier molecular flexibility index (Phi) is 9.91. The number of thiol groups is 1. The molecule has 1 aromatic carbocycles. The maximum Gasteiger partial charge on any atom is 0.335 e. The predicted octanol–water partition coefficient (Wildman–Crippen LogP) is 4.83. The maximum atomic E-state index is 12.7. The molecule has 2 N–H and O–H groups in total. The van der Waals surface area contributed by atoms with Crippen molar-refractivity contribution in [3.05, 3.63) is 52.1 Å². The van der Waals surface area contributed by atoms with Crippen LogP contribution in [0.1, 0.15) is 67.5 Å². The Morgan fingerprint density at radius 1 is 1.26 bits per heavy atom. The second-order valence-corrected chi connectivity index (χ2v) is 8.91. The van der Waals surface area contributed by atoms with Crippen LogP contribution in [0.3, 0.4) is 0 Å². The molecule has 31 heavy (non-hydrogen) atoms. The third-order valence-corrected chi connectivity index (χ3v) is 5.92. The molecule has 0 aliphatic heterocycles. The molecule has 8 heteroatoms. The molecular weight excluding hydrogens is 434 g/mol. The Morgan fingerprint density at radius 2 is 1.94 bits per heavy atom. The Labute approximate surface area is 194 Å². The van der Waals surface area contributed by atoms with Gasteiger partial charge in [0.25, 0.3) is 0 Å². The summed E-state index contributed by atoms with van der Waals surface area (Å²) in [4.78, 5) is 28.3. The number of aromatic nitrogens is 2. The Bertz CT molecular complexity index is 881.